The molecule has 30 heavy (non-hydrogen) atoms. The second-order valence-electron chi connectivity index (χ2n) is 9.13. The van der Waals surface area contributed by atoms with Crippen molar-refractivity contribution >= 4 is 23.6 Å². The molecule has 164 valence electrons. The number of nitrogens with one attached hydrogen (secondary N) is 1. The molecule has 1 aromatic carbocycles. The Hall–Kier alpha value is -1.75. The Kier molecular flexibility index (Phi) is 6.57. The van der Waals surface area contributed by atoms with Crippen LogP contribution in [0, 0.1) is 11.8 Å². The molecule has 1 N–H and O–H groups in total. The minimum Gasteiger partial charge on any atom is -0.446 e. The van der Waals surface area contributed by atoms with Crippen molar-refractivity contribution in [2.45, 2.75) is 82.9 Å². The van der Waals surface area contributed by atoms with Crippen LogP contribution in [0.5, 0.6) is 0 Å². The summed E-state index contributed by atoms with van der Waals surface area (Å²) in [5.41, 5.74) is 0.883. The molecule has 6 heteroatoms. The van der Waals surface area contributed by atoms with Crippen LogP contribution in [0.1, 0.15) is 70.3 Å². The molecule has 2 heterocycles. The van der Waals surface area contributed by atoms with Gasteiger partial charge in [0, 0.05) is 36.0 Å². The van der Waals surface area contributed by atoms with Crippen LogP contribution < -0.4 is 5.32 Å². The third-order valence-electron chi connectivity index (χ3n) is 7.54. The number of nitrogens with zero attached hydrogens (tertiary/aromatic N) is 1. The molecule has 0 aromatic heterocycles. The molecule has 3 aliphatic rings. The standard InChI is InChI=1S/C24H33ClN2O3/c1-2-7-18-19-9-5-11-22(28)27-15-6-13-24(19,27)14-12-21(18)30-23(29)26-16-17-8-3-4-10-20(17)25/h3-4,8,10,18-19,21H,2,5-7,9,11-16H2,1H3,(H,26,29)/t18-,19+,21+,24-/m1/s1. The van der Waals surface area contributed by atoms with E-state index in [0.717, 1.165) is 63.5 Å². The van der Waals surface area contributed by atoms with E-state index in [1.807, 2.05) is 24.3 Å². The third-order valence-corrected chi connectivity index (χ3v) is 7.91. The maximum atomic E-state index is 12.7. The molecule has 1 aromatic rings. The fourth-order valence-electron chi connectivity index (χ4n) is 6.31. The summed E-state index contributed by atoms with van der Waals surface area (Å²) in [5, 5.41) is 3.52. The van der Waals surface area contributed by atoms with E-state index in [2.05, 4.69) is 17.1 Å². The molecule has 1 saturated carbocycles. The molecule has 1 aliphatic carbocycles. The van der Waals surface area contributed by atoms with Gasteiger partial charge >= 0.3 is 6.09 Å². The Morgan fingerprint density at radius 3 is 2.90 bits per heavy atom. The lowest BCUT2D eigenvalue weighted by Crippen LogP contribution is -2.58. The highest BCUT2D eigenvalue weighted by atomic mass is 35.5. The largest absolute Gasteiger partial charge is 0.446 e. The molecule has 0 unspecified atom stereocenters. The van der Waals surface area contributed by atoms with Crippen molar-refractivity contribution in [3.8, 4) is 0 Å². The first-order valence-corrected chi connectivity index (χ1v) is 11.9. The first-order valence-electron chi connectivity index (χ1n) is 11.5. The molecule has 0 radical (unpaired) electrons. The number of hydrogen-bond donors (Lipinski definition) is 1. The number of carbonyl (C=O) groups is 2. The van der Waals surface area contributed by atoms with Crippen molar-refractivity contribution in [3.63, 3.8) is 0 Å². The molecule has 4 rings (SSSR count). The smallest absolute Gasteiger partial charge is 0.407 e. The van der Waals surface area contributed by atoms with Crippen molar-refractivity contribution in [1.29, 1.82) is 0 Å². The van der Waals surface area contributed by atoms with E-state index in [0.29, 0.717) is 35.7 Å². The Morgan fingerprint density at radius 2 is 2.10 bits per heavy atom. The van der Waals surface area contributed by atoms with Gasteiger partial charge in [-0.15, -0.1) is 0 Å². The molecule has 2 saturated heterocycles. The topological polar surface area (TPSA) is 58.6 Å². The van der Waals surface area contributed by atoms with Gasteiger partial charge in [0.05, 0.1) is 0 Å². The minimum absolute atomic E-state index is 0.00131. The lowest BCUT2D eigenvalue weighted by Gasteiger charge is -2.52. The lowest BCUT2D eigenvalue weighted by molar-refractivity contribution is -0.141. The molecular formula is C24H33ClN2O3. The number of ether oxygens (including phenoxy) is 1. The zero-order valence-corrected chi connectivity index (χ0v) is 18.6. The summed E-state index contributed by atoms with van der Waals surface area (Å²) in [6, 6.07) is 7.51. The number of alkyl carbamates (subject to hydrolysis) is 1. The first kappa shape index (κ1) is 21.5. The van der Waals surface area contributed by atoms with Gasteiger partial charge in [0.1, 0.15) is 6.10 Å². The van der Waals surface area contributed by atoms with Crippen molar-refractivity contribution < 1.29 is 14.3 Å². The summed E-state index contributed by atoms with van der Waals surface area (Å²) in [6.45, 7) is 3.46. The number of hydrogen-bond acceptors (Lipinski definition) is 3. The van der Waals surface area contributed by atoms with Crippen molar-refractivity contribution in [2.24, 2.45) is 11.8 Å². The van der Waals surface area contributed by atoms with Gasteiger partial charge in [-0.3, -0.25) is 4.79 Å². The average molecular weight is 433 g/mol. The zero-order valence-electron chi connectivity index (χ0n) is 17.9. The van der Waals surface area contributed by atoms with Gasteiger partial charge in [-0.1, -0.05) is 43.1 Å². The Balaban J connectivity index is 1.46. The summed E-state index contributed by atoms with van der Waals surface area (Å²) in [4.78, 5) is 27.6. The Labute approximate surface area is 184 Å². The van der Waals surface area contributed by atoms with Crippen LogP contribution in [0.2, 0.25) is 5.02 Å². The summed E-state index contributed by atoms with van der Waals surface area (Å²) in [7, 11) is 0. The Bertz CT molecular complexity index is 785. The quantitative estimate of drug-likeness (QED) is 0.686. The highest BCUT2D eigenvalue weighted by Crippen LogP contribution is 2.53. The molecule has 3 fully saturated rings. The lowest BCUT2D eigenvalue weighted by atomic mass is 9.62. The van der Waals surface area contributed by atoms with E-state index in [-0.39, 0.29) is 17.7 Å². The molecule has 2 amide bonds. The molecule has 5 nitrogen and oxygen atoms in total. The predicted octanol–water partition coefficient (Wildman–Crippen LogP) is 5.31. The fourth-order valence-corrected chi connectivity index (χ4v) is 6.52. The van der Waals surface area contributed by atoms with Gasteiger partial charge in [-0.2, -0.15) is 0 Å². The SMILES string of the molecule is CCC[C@H]1[C@@H](OC(=O)NCc2ccccc2Cl)CC[C@@]23CCCN2C(=O)CCC[C@@H]13. The summed E-state index contributed by atoms with van der Waals surface area (Å²) in [6.07, 6.45) is 8.33. The molecule has 1 spiro atoms. The maximum absolute atomic E-state index is 12.7. The number of halogens is 1. The van der Waals surface area contributed by atoms with Crippen molar-refractivity contribution in [3.05, 3.63) is 34.9 Å². The van der Waals surface area contributed by atoms with Gasteiger partial charge in [-0.05, 0) is 62.5 Å². The van der Waals surface area contributed by atoms with Crippen molar-refractivity contribution in [2.75, 3.05) is 6.54 Å². The minimum atomic E-state index is -0.370. The van der Waals surface area contributed by atoms with E-state index in [1.54, 1.807) is 0 Å². The highest BCUT2D eigenvalue weighted by Gasteiger charge is 2.56. The second-order valence-corrected chi connectivity index (χ2v) is 9.54. The van der Waals surface area contributed by atoms with Gasteiger partial charge in [0.2, 0.25) is 5.91 Å². The number of amides is 2. The monoisotopic (exact) mass is 432 g/mol. The predicted molar refractivity (Wildman–Crippen MR) is 117 cm³/mol. The van der Waals surface area contributed by atoms with Crippen LogP contribution in [0.4, 0.5) is 4.79 Å². The van der Waals surface area contributed by atoms with Crippen LogP contribution in [0.25, 0.3) is 0 Å². The van der Waals surface area contributed by atoms with E-state index < -0.39 is 0 Å². The molecule has 4 atom stereocenters. The molecule has 2 aliphatic heterocycles. The normalized spacial score (nSPS) is 30.9. The number of rotatable bonds is 5. The van der Waals surface area contributed by atoms with Gasteiger partial charge in [0.15, 0.2) is 0 Å². The number of benzene rings is 1. The summed E-state index contributed by atoms with van der Waals surface area (Å²) < 4.78 is 5.98. The van der Waals surface area contributed by atoms with Crippen LogP contribution in [-0.4, -0.2) is 35.1 Å². The maximum Gasteiger partial charge on any atom is 0.407 e. The first-order chi connectivity index (χ1) is 14.5. The molecule has 0 bridgehead atoms. The zero-order chi connectivity index (χ0) is 21.1. The third kappa shape index (κ3) is 4.05. The number of carbonyl (C=O) groups excluding carboxylic acids is 2. The van der Waals surface area contributed by atoms with Crippen LogP contribution >= 0.6 is 11.6 Å². The van der Waals surface area contributed by atoms with E-state index >= 15 is 0 Å². The van der Waals surface area contributed by atoms with Crippen LogP contribution in [-0.2, 0) is 16.1 Å². The van der Waals surface area contributed by atoms with Crippen LogP contribution in [0.15, 0.2) is 24.3 Å². The Morgan fingerprint density at radius 1 is 1.27 bits per heavy atom. The van der Waals surface area contributed by atoms with Crippen LogP contribution in [0.3, 0.4) is 0 Å². The fraction of sp³-hybridized carbons (Fsp3) is 0.667. The molecular weight excluding hydrogens is 400 g/mol. The highest BCUT2D eigenvalue weighted by molar-refractivity contribution is 6.31. The van der Waals surface area contributed by atoms with Gasteiger partial charge in [0.25, 0.3) is 0 Å². The van der Waals surface area contributed by atoms with E-state index in [4.69, 9.17) is 16.3 Å². The van der Waals surface area contributed by atoms with E-state index in [9.17, 15) is 9.59 Å². The van der Waals surface area contributed by atoms with Gasteiger partial charge in [-0.25, -0.2) is 4.79 Å². The summed E-state index contributed by atoms with van der Waals surface area (Å²) in [5.74, 6) is 1.09. The second kappa shape index (κ2) is 9.17. The van der Waals surface area contributed by atoms with Crippen molar-refractivity contribution in [1.82, 2.24) is 10.2 Å². The van der Waals surface area contributed by atoms with Gasteiger partial charge < -0.3 is 15.0 Å². The van der Waals surface area contributed by atoms with E-state index in [1.165, 1.54) is 0 Å². The summed E-state index contributed by atoms with van der Waals surface area (Å²) >= 11 is 6.19. The average Bonchev–Trinajstić information content (AvgIpc) is 3.10.